The van der Waals surface area contributed by atoms with Gasteiger partial charge in [-0.1, -0.05) is 113 Å². The predicted octanol–water partition coefficient (Wildman–Crippen LogP) is 8.70. The van der Waals surface area contributed by atoms with Crippen LogP contribution in [0.25, 0.3) is 10.9 Å². The summed E-state index contributed by atoms with van der Waals surface area (Å²) in [7, 11) is 0. The lowest BCUT2D eigenvalue weighted by atomic mass is 10.1. The molecule has 212 valence electrons. The summed E-state index contributed by atoms with van der Waals surface area (Å²) in [5.74, 6) is 1.55. The summed E-state index contributed by atoms with van der Waals surface area (Å²) in [4.78, 5) is 14.0. The summed E-state index contributed by atoms with van der Waals surface area (Å²) in [5.41, 5.74) is 2.78. The molecule has 0 saturated heterocycles. The minimum Gasteiger partial charge on any atom is -0.489 e. The molecule has 0 aliphatic carbocycles. The van der Waals surface area contributed by atoms with Gasteiger partial charge in [0.1, 0.15) is 19.0 Å². The molecule has 0 saturated carbocycles. The van der Waals surface area contributed by atoms with Gasteiger partial charge in [0.05, 0.1) is 12.1 Å². The van der Waals surface area contributed by atoms with E-state index in [1.807, 2.05) is 83.4 Å². The van der Waals surface area contributed by atoms with Crippen LogP contribution in [-0.4, -0.2) is 11.2 Å². The fourth-order valence-electron chi connectivity index (χ4n) is 4.83. The standard InChI is InChI=1S/C35H43NO4/c1-3-5-7-15-23-36-32-25-30(39-26-28-17-11-9-12-18-28)21-22-31(32)33(38-24-16-8-6-4-2)34(35(36)37)40-27-29-19-13-10-14-20-29/h9-14,17-22,25H,3-8,15-16,23-24,26-27H2,1-2H3. The molecule has 4 aromatic rings. The lowest BCUT2D eigenvalue weighted by Crippen LogP contribution is -2.24. The van der Waals surface area contributed by atoms with Crippen LogP contribution >= 0.6 is 0 Å². The van der Waals surface area contributed by atoms with Gasteiger partial charge in [0.15, 0.2) is 5.75 Å². The molecule has 0 aliphatic rings. The highest BCUT2D eigenvalue weighted by atomic mass is 16.5. The number of unbranched alkanes of at least 4 members (excludes halogenated alkanes) is 6. The Bertz CT molecular complexity index is 1370. The Morgan fingerprint density at radius 2 is 1.25 bits per heavy atom. The van der Waals surface area contributed by atoms with E-state index in [0.29, 0.717) is 37.9 Å². The van der Waals surface area contributed by atoms with Gasteiger partial charge in [-0.15, -0.1) is 0 Å². The van der Waals surface area contributed by atoms with Crippen LogP contribution in [0.4, 0.5) is 0 Å². The molecule has 1 aromatic heterocycles. The summed E-state index contributed by atoms with van der Waals surface area (Å²) in [6.07, 6.45) is 8.65. The fraction of sp³-hybridized carbons (Fsp3) is 0.400. The number of hydrogen-bond acceptors (Lipinski definition) is 4. The molecule has 40 heavy (non-hydrogen) atoms. The zero-order valence-electron chi connectivity index (χ0n) is 24.1. The van der Waals surface area contributed by atoms with Crippen molar-refractivity contribution in [3.05, 3.63) is 100 Å². The molecule has 0 radical (unpaired) electrons. The predicted molar refractivity (Wildman–Crippen MR) is 164 cm³/mol. The third kappa shape index (κ3) is 8.14. The highest BCUT2D eigenvalue weighted by Crippen LogP contribution is 2.36. The molecule has 0 atom stereocenters. The van der Waals surface area contributed by atoms with Crippen molar-refractivity contribution in [2.24, 2.45) is 0 Å². The maximum absolute atomic E-state index is 14.0. The van der Waals surface area contributed by atoms with Crippen LogP contribution in [0.1, 0.15) is 76.3 Å². The smallest absolute Gasteiger partial charge is 0.297 e. The largest absolute Gasteiger partial charge is 0.489 e. The normalized spacial score (nSPS) is 11.1. The molecular weight excluding hydrogens is 498 g/mol. The quantitative estimate of drug-likeness (QED) is 0.125. The van der Waals surface area contributed by atoms with E-state index in [1.165, 1.54) is 6.42 Å². The molecule has 5 heteroatoms. The number of aromatic nitrogens is 1. The Balaban J connectivity index is 1.71. The number of aryl methyl sites for hydroxylation is 1. The van der Waals surface area contributed by atoms with Gasteiger partial charge in [0, 0.05) is 18.0 Å². The Labute approximate surface area is 238 Å². The second kappa shape index (κ2) is 15.8. The first-order valence-electron chi connectivity index (χ1n) is 14.9. The minimum absolute atomic E-state index is 0.149. The van der Waals surface area contributed by atoms with Crippen molar-refractivity contribution in [2.75, 3.05) is 6.61 Å². The summed E-state index contributed by atoms with van der Waals surface area (Å²) in [6, 6.07) is 26.0. The van der Waals surface area contributed by atoms with Crippen molar-refractivity contribution in [3.8, 4) is 17.2 Å². The maximum atomic E-state index is 14.0. The maximum Gasteiger partial charge on any atom is 0.297 e. The summed E-state index contributed by atoms with van der Waals surface area (Å²) >= 11 is 0. The van der Waals surface area contributed by atoms with E-state index in [1.54, 1.807) is 0 Å². The number of ether oxygens (including phenoxy) is 3. The Kier molecular flexibility index (Phi) is 11.5. The molecule has 0 N–H and O–H groups in total. The molecule has 0 spiro atoms. The van der Waals surface area contributed by atoms with Crippen molar-refractivity contribution in [2.45, 2.75) is 85.0 Å². The van der Waals surface area contributed by atoms with Crippen LogP contribution < -0.4 is 19.8 Å². The second-order valence-corrected chi connectivity index (χ2v) is 10.3. The molecule has 3 aromatic carbocycles. The van der Waals surface area contributed by atoms with E-state index in [4.69, 9.17) is 14.2 Å². The minimum atomic E-state index is -0.149. The molecule has 0 unspecified atom stereocenters. The number of fused-ring (bicyclic) bond motifs is 1. The molecule has 0 amide bonds. The Hall–Kier alpha value is -3.73. The molecule has 0 aliphatic heterocycles. The van der Waals surface area contributed by atoms with Crippen molar-refractivity contribution >= 4 is 10.9 Å². The molecule has 0 bridgehead atoms. The number of hydrogen-bond donors (Lipinski definition) is 0. The van der Waals surface area contributed by atoms with Crippen LogP contribution in [0.3, 0.4) is 0 Å². The number of rotatable bonds is 17. The molecule has 4 rings (SSSR count). The van der Waals surface area contributed by atoms with Gasteiger partial charge in [-0.3, -0.25) is 4.79 Å². The fourth-order valence-corrected chi connectivity index (χ4v) is 4.83. The lowest BCUT2D eigenvalue weighted by Gasteiger charge is -2.20. The molecule has 1 heterocycles. The topological polar surface area (TPSA) is 49.7 Å². The molecule has 5 nitrogen and oxygen atoms in total. The summed E-state index contributed by atoms with van der Waals surface area (Å²) in [5, 5.41) is 0.876. The van der Waals surface area contributed by atoms with Gasteiger partial charge in [-0.2, -0.15) is 0 Å². The van der Waals surface area contributed by atoms with Crippen molar-refractivity contribution in [1.29, 1.82) is 0 Å². The summed E-state index contributed by atoms with van der Waals surface area (Å²) in [6.45, 7) is 6.33. The first-order valence-corrected chi connectivity index (χ1v) is 14.9. The van der Waals surface area contributed by atoms with Crippen LogP contribution in [-0.2, 0) is 19.8 Å². The van der Waals surface area contributed by atoms with E-state index in [-0.39, 0.29) is 5.56 Å². The first-order chi connectivity index (χ1) is 19.7. The second-order valence-electron chi connectivity index (χ2n) is 10.3. The first kappa shape index (κ1) is 29.3. The average Bonchev–Trinajstić information content (AvgIpc) is 2.99. The van der Waals surface area contributed by atoms with Crippen LogP contribution in [0.15, 0.2) is 83.7 Å². The van der Waals surface area contributed by atoms with E-state index < -0.39 is 0 Å². The van der Waals surface area contributed by atoms with Gasteiger partial charge in [-0.25, -0.2) is 0 Å². The lowest BCUT2D eigenvalue weighted by molar-refractivity contribution is 0.255. The Morgan fingerprint density at radius 3 is 1.90 bits per heavy atom. The highest BCUT2D eigenvalue weighted by molar-refractivity contribution is 5.89. The van der Waals surface area contributed by atoms with Gasteiger partial charge < -0.3 is 18.8 Å². The van der Waals surface area contributed by atoms with Crippen molar-refractivity contribution in [3.63, 3.8) is 0 Å². The number of pyridine rings is 1. The van der Waals surface area contributed by atoms with Gasteiger partial charge in [-0.05, 0) is 36.1 Å². The Morgan fingerprint density at radius 1 is 0.625 bits per heavy atom. The summed E-state index contributed by atoms with van der Waals surface area (Å²) < 4.78 is 20.6. The van der Waals surface area contributed by atoms with Gasteiger partial charge in [0.25, 0.3) is 5.56 Å². The molecule has 0 fully saturated rings. The zero-order chi connectivity index (χ0) is 28.0. The number of benzene rings is 3. The van der Waals surface area contributed by atoms with Crippen LogP contribution in [0, 0.1) is 0 Å². The van der Waals surface area contributed by atoms with Gasteiger partial charge >= 0.3 is 0 Å². The van der Waals surface area contributed by atoms with E-state index in [9.17, 15) is 4.79 Å². The van der Waals surface area contributed by atoms with Gasteiger partial charge in [0.2, 0.25) is 5.75 Å². The monoisotopic (exact) mass is 541 g/mol. The van der Waals surface area contributed by atoms with Crippen molar-refractivity contribution < 1.29 is 14.2 Å². The molecular formula is C35H43NO4. The van der Waals surface area contributed by atoms with Crippen LogP contribution in [0.2, 0.25) is 0 Å². The van der Waals surface area contributed by atoms with E-state index >= 15 is 0 Å². The highest BCUT2D eigenvalue weighted by Gasteiger charge is 2.21. The SMILES string of the molecule is CCCCCCOc1c(OCc2ccccc2)c(=O)n(CCCCCC)c2cc(OCc3ccccc3)ccc12. The third-order valence-corrected chi connectivity index (χ3v) is 7.10. The third-order valence-electron chi connectivity index (χ3n) is 7.10. The van der Waals surface area contributed by atoms with E-state index in [2.05, 4.69) is 13.8 Å². The number of nitrogens with zero attached hydrogens (tertiary/aromatic N) is 1. The van der Waals surface area contributed by atoms with Crippen LogP contribution in [0.5, 0.6) is 17.2 Å². The zero-order valence-corrected chi connectivity index (χ0v) is 24.1. The average molecular weight is 542 g/mol. The van der Waals surface area contributed by atoms with Crippen molar-refractivity contribution in [1.82, 2.24) is 4.57 Å². The van der Waals surface area contributed by atoms with E-state index in [0.717, 1.165) is 72.7 Å².